The van der Waals surface area contributed by atoms with Crippen LogP contribution in [-0.2, 0) is 9.59 Å². The van der Waals surface area contributed by atoms with Crippen molar-refractivity contribution < 1.29 is 14.7 Å². The van der Waals surface area contributed by atoms with E-state index in [0.717, 1.165) is 4.88 Å². The number of nitrogens with one attached hydrogen (secondary N) is 1. The molecule has 0 aromatic carbocycles. The highest BCUT2D eigenvalue weighted by molar-refractivity contribution is 7.17. The Morgan fingerprint density at radius 3 is 2.63 bits per heavy atom. The number of carboxylic acids is 1. The van der Waals surface area contributed by atoms with Gasteiger partial charge < -0.3 is 10.4 Å². The fraction of sp³-hybridized carbons (Fsp3) is 0.385. The van der Waals surface area contributed by atoms with Gasteiger partial charge in [0.05, 0.1) is 10.3 Å². The van der Waals surface area contributed by atoms with Gasteiger partial charge in [0.15, 0.2) is 0 Å². The van der Waals surface area contributed by atoms with Gasteiger partial charge in [-0.15, -0.1) is 11.3 Å². The molecule has 0 aliphatic carbocycles. The van der Waals surface area contributed by atoms with Gasteiger partial charge in [0.25, 0.3) is 0 Å². The van der Waals surface area contributed by atoms with Crippen molar-refractivity contribution in [1.29, 1.82) is 0 Å². The first-order chi connectivity index (χ1) is 8.90. The molecule has 0 saturated heterocycles. The monoisotopic (exact) mass is 301 g/mol. The van der Waals surface area contributed by atoms with Crippen LogP contribution in [-0.4, -0.2) is 23.5 Å². The molecule has 1 atom stereocenters. The number of carboxylic acid groups (broad SMARTS) is 1. The van der Waals surface area contributed by atoms with Crippen molar-refractivity contribution in [3.8, 4) is 0 Å². The summed E-state index contributed by atoms with van der Waals surface area (Å²) in [5.74, 6) is -1.81. The molecule has 0 saturated carbocycles. The van der Waals surface area contributed by atoms with Crippen LogP contribution in [0.4, 0.5) is 0 Å². The molecule has 0 fully saturated rings. The van der Waals surface area contributed by atoms with Gasteiger partial charge in [-0.1, -0.05) is 25.4 Å². The zero-order valence-corrected chi connectivity index (χ0v) is 12.3. The van der Waals surface area contributed by atoms with Gasteiger partial charge in [0, 0.05) is 17.5 Å². The summed E-state index contributed by atoms with van der Waals surface area (Å²) < 4.78 is 0.658. The molecule has 1 rings (SSSR count). The summed E-state index contributed by atoms with van der Waals surface area (Å²) in [6, 6.07) is 3.56. The van der Waals surface area contributed by atoms with Crippen molar-refractivity contribution in [3.05, 3.63) is 27.4 Å². The lowest BCUT2D eigenvalue weighted by molar-refractivity contribution is -0.143. The number of thiophene rings is 1. The maximum atomic E-state index is 11.6. The van der Waals surface area contributed by atoms with Gasteiger partial charge in [-0.25, -0.2) is 0 Å². The Kier molecular flexibility index (Phi) is 6.05. The molecule has 1 heterocycles. The van der Waals surface area contributed by atoms with E-state index in [1.54, 1.807) is 12.1 Å². The van der Waals surface area contributed by atoms with E-state index in [1.165, 1.54) is 17.4 Å². The molecule has 0 aliphatic heterocycles. The first-order valence-corrected chi connectivity index (χ1v) is 7.03. The van der Waals surface area contributed by atoms with Crippen molar-refractivity contribution in [2.75, 3.05) is 6.54 Å². The summed E-state index contributed by atoms with van der Waals surface area (Å²) in [7, 11) is 0. The minimum Gasteiger partial charge on any atom is -0.481 e. The molecule has 104 valence electrons. The summed E-state index contributed by atoms with van der Waals surface area (Å²) in [5, 5.41) is 11.6. The molecule has 1 aromatic heterocycles. The number of carbonyl (C=O) groups is 2. The summed E-state index contributed by atoms with van der Waals surface area (Å²) in [5.41, 5.74) is 0. The third-order valence-corrected chi connectivity index (χ3v) is 3.81. The third kappa shape index (κ3) is 5.44. The molecule has 1 aromatic rings. The van der Waals surface area contributed by atoms with Gasteiger partial charge in [0.1, 0.15) is 0 Å². The molecule has 0 spiro atoms. The molecule has 6 heteroatoms. The van der Waals surface area contributed by atoms with E-state index < -0.39 is 11.9 Å². The lowest BCUT2D eigenvalue weighted by Gasteiger charge is -2.15. The highest BCUT2D eigenvalue weighted by Crippen LogP contribution is 2.22. The summed E-state index contributed by atoms with van der Waals surface area (Å²) in [6.07, 6.45) is 3.03. The Bertz CT molecular complexity index is 482. The van der Waals surface area contributed by atoms with E-state index in [2.05, 4.69) is 5.32 Å². The predicted octanol–water partition coefficient (Wildman–Crippen LogP) is 2.89. The van der Waals surface area contributed by atoms with E-state index in [4.69, 9.17) is 16.7 Å². The van der Waals surface area contributed by atoms with Crippen LogP contribution >= 0.6 is 22.9 Å². The molecule has 1 amide bonds. The van der Waals surface area contributed by atoms with Gasteiger partial charge in [-0.3, -0.25) is 9.59 Å². The minimum absolute atomic E-state index is 0.0297. The average molecular weight is 302 g/mol. The highest BCUT2D eigenvalue weighted by Gasteiger charge is 2.21. The van der Waals surface area contributed by atoms with Crippen molar-refractivity contribution in [2.24, 2.45) is 11.8 Å². The molecule has 0 radical (unpaired) electrons. The molecule has 0 aliphatic rings. The number of halogens is 1. The Hall–Kier alpha value is -1.33. The number of rotatable bonds is 6. The number of hydrogen-bond donors (Lipinski definition) is 2. The van der Waals surface area contributed by atoms with Crippen LogP contribution in [0.15, 0.2) is 18.2 Å². The van der Waals surface area contributed by atoms with Crippen molar-refractivity contribution in [1.82, 2.24) is 5.32 Å². The van der Waals surface area contributed by atoms with E-state index in [9.17, 15) is 9.59 Å². The van der Waals surface area contributed by atoms with Crippen LogP contribution < -0.4 is 5.32 Å². The standard InChI is InChI=1S/C13H16ClNO3S/c1-8(2)10(13(17)18)7-15-12(16)6-4-9-3-5-11(14)19-9/h3-6,8,10H,7H2,1-2H3,(H,15,16)(H,17,18). The Morgan fingerprint density at radius 2 is 2.16 bits per heavy atom. The van der Waals surface area contributed by atoms with E-state index in [-0.39, 0.29) is 18.4 Å². The number of aliphatic carboxylic acids is 1. The molecule has 4 nitrogen and oxygen atoms in total. The molecule has 1 unspecified atom stereocenters. The van der Waals surface area contributed by atoms with Crippen LogP contribution in [0.5, 0.6) is 0 Å². The maximum absolute atomic E-state index is 11.6. The van der Waals surface area contributed by atoms with Crippen LogP contribution in [0, 0.1) is 11.8 Å². The van der Waals surface area contributed by atoms with Crippen LogP contribution in [0.2, 0.25) is 4.34 Å². The summed E-state index contributed by atoms with van der Waals surface area (Å²) in [4.78, 5) is 23.4. The normalized spacial score (nSPS) is 12.8. The highest BCUT2D eigenvalue weighted by atomic mass is 35.5. The van der Waals surface area contributed by atoms with Crippen molar-refractivity contribution in [3.63, 3.8) is 0 Å². The fourth-order valence-corrected chi connectivity index (χ4v) is 2.42. The Balaban J connectivity index is 2.47. The number of amides is 1. The first kappa shape index (κ1) is 15.7. The predicted molar refractivity (Wildman–Crippen MR) is 77.3 cm³/mol. The first-order valence-electron chi connectivity index (χ1n) is 5.84. The Labute approximate surface area is 121 Å². The zero-order valence-electron chi connectivity index (χ0n) is 10.7. The van der Waals surface area contributed by atoms with Gasteiger partial charge in [-0.2, -0.15) is 0 Å². The quantitative estimate of drug-likeness (QED) is 0.794. The second kappa shape index (κ2) is 7.31. The lowest BCUT2D eigenvalue weighted by Crippen LogP contribution is -2.34. The zero-order chi connectivity index (χ0) is 14.4. The second-order valence-electron chi connectivity index (χ2n) is 4.41. The van der Waals surface area contributed by atoms with Gasteiger partial charge >= 0.3 is 5.97 Å². The van der Waals surface area contributed by atoms with Crippen molar-refractivity contribution >= 4 is 40.9 Å². The minimum atomic E-state index is -0.899. The van der Waals surface area contributed by atoms with Crippen LogP contribution in [0.25, 0.3) is 6.08 Å². The average Bonchev–Trinajstić information content (AvgIpc) is 2.71. The molecule has 2 N–H and O–H groups in total. The van der Waals surface area contributed by atoms with Gasteiger partial charge in [0.2, 0.25) is 5.91 Å². The molecule has 0 bridgehead atoms. The number of carbonyl (C=O) groups excluding carboxylic acids is 1. The van der Waals surface area contributed by atoms with E-state index >= 15 is 0 Å². The Morgan fingerprint density at radius 1 is 1.47 bits per heavy atom. The summed E-state index contributed by atoms with van der Waals surface area (Å²) >= 11 is 7.14. The fourth-order valence-electron chi connectivity index (χ4n) is 1.45. The van der Waals surface area contributed by atoms with Crippen LogP contribution in [0.3, 0.4) is 0 Å². The maximum Gasteiger partial charge on any atom is 0.308 e. The lowest BCUT2D eigenvalue weighted by atomic mass is 9.96. The largest absolute Gasteiger partial charge is 0.481 e. The van der Waals surface area contributed by atoms with Crippen molar-refractivity contribution in [2.45, 2.75) is 13.8 Å². The molecule has 19 heavy (non-hydrogen) atoms. The summed E-state index contributed by atoms with van der Waals surface area (Å²) in [6.45, 7) is 3.75. The van der Waals surface area contributed by atoms with E-state index in [0.29, 0.717) is 4.34 Å². The van der Waals surface area contributed by atoms with E-state index in [1.807, 2.05) is 19.9 Å². The smallest absolute Gasteiger partial charge is 0.308 e. The topological polar surface area (TPSA) is 66.4 Å². The number of hydrogen-bond acceptors (Lipinski definition) is 3. The SMILES string of the molecule is CC(C)C(CNC(=O)C=Cc1ccc(Cl)s1)C(=O)O. The second-order valence-corrected chi connectivity index (χ2v) is 6.16. The van der Waals surface area contributed by atoms with Gasteiger partial charge in [-0.05, 0) is 24.1 Å². The molecular formula is C13H16ClNO3S. The molecular weight excluding hydrogens is 286 g/mol. The third-order valence-electron chi connectivity index (χ3n) is 2.61. The van der Waals surface area contributed by atoms with Crippen LogP contribution in [0.1, 0.15) is 18.7 Å².